The van der Waals surface area contributed by atoms with Crippen molar-refractivity contribution in [2.45, 2.75) is 218 Å². The lowest BCUT2D eigenvalue weighted by molar-refractivity contribution is -0.334. The van der Waals surface area contributed by atoms with E-state index in [2.05, 4.69) is 31.4 Å². The smallest absolute Gasteiger partial charge is 0.311 e. The van der Waals surface area contributed by atoms with Crippen molar-refractivity contribution in [3.8, 4) is 0 Å². The van der Waals surface area contributed by atoms with E-state index in [-0.39, 0.29) is 43.5 Å². The van der Waals surface area contributed by atoms with Gasteiger partial charge in [-0.15, -0.1) is 0 Å². The van der Waals surface area contributed by atoms with E-state index in [1.165, 1.54) is 6.92 Å². The molecule has 0 aromatic rings. The van der Waals surface area contributed by atoms with E-state index < -0.39 is 89.2 Å². The third-order valence-electron chi connectivity index (χ3n) is 14.5. The Hall–Kier alpha value is -1.01. The van der Waals surface area contributed by atoms with Gasteiger partial charge in [0.15, 0.2) is 12.6 Å². The molecular formula is C44H83N3O11. The highest BCUT2D eigenvalue weighted by Gasteiger charge is 2.58. The van der Waals surface area contributed by atoms with Crippen LogP contribution in [-0.4, -0.2) is 156 Å². The first-order valence-corrected chi connectivity index (χ1v) is 22.2. The summed E-state index contributed by atoms with van der Waals surface area (Å²) in [6.07, 6.45) is -1.30. The fourth-order valence-electron chi connectivity index (χ4n) is 10.5. The Kier molecular flexibility index (Phi) is 17.1. The van der Waals surface area contributed by atoms with Crippen LogP contribution in [0.1, 0.15) is 128 Å². The molecule has 14 heteroatoms. The number of esters is 1. The van der Waals surface area contributed by atoms with Crippen molar-refractivity contribution in [1.29, 1.82) is 0 Å². The van der Waals surface area contributed by atoms with E-state index in [9.17, 15) is 25.2 Å². The Labute approximate surface area is 349 Å². The summed E-state index contributed by atoms with van der Waals surface area (Å²) in [6, 6.07) is 0.0696. The van der Waals surface area contributed by atoms with Crippen LogP contribution in [0.15, 0.2) is 0 Å². The summed E-state index contributed by atoms with van der Waals surface area (Å²) in [6.45, 7) is 21.6. The molecule has 4 fully saturated rings. The number of hydrogen-bond donors (Lipinski definition) is 6. The topological polar surface area (TPSA) is 181 Å². The summed E-state index contributed by atoms with van der Waals surface area (Å²) >= 11 is 0. The van der Waals surface area contributed by atoms with Crippen molar-refractivity contribution in [2.24, 2.45) is 23.2 Å². The Morgan fingerprint density at radius 3 is 2.17 bits per heavy atom. The minimum absolute atomic E-state index is 0.0548. The quantitative estimate of drug-likeness (QED) is 0.175. The summed E-state index contributed by atoms with van der Waals surface area (Å²) in [5.41, 5.74) is -4.80. The Morgan fingerprint density at radius 1 is 0.948 bits per heavy atom. The number of nitrogens with zero attached hydrogens (tertiary/aromatic N) is 1. The molecule has 1 aliphatic carbocycles. The van der Waals surface area contributed by atoms with Gasteiger partial charge in [-0.25, -0.2) is 0 Å². The molecule has 1 saturated carbocycles. The molecule has 58 heavy (non-hydrogen) atoms. The second kappa shape index (κ2) is 20.0. The molecule has 3 saturated heterocycles. The van der Waals surface area contributed by atoms with Gasteiger partial charge in [-0.1, -0.05) is 47.5 Å². The Bertz CT molecular complexity index is 1300. The van der Waals surface area contributed by atoms with Gasteiger partial charge in [-0.3, -0.25) is 4.79 Å². The maximum atomic E-state index is 14.4. The van der Waals surface area contributed by atoms with Gasteiger partial charge in [0, 0.05) is 50.7 Å². The zero-order chi connectivity index (χ0) is 43.5. The first kappa shape index (κ1) is 49.6. The van der Waals surface area contributed by atoms with Crippen LogP contribution < -0.4 is 10.6 Å². The monoisotopic (exact) mass is 830 g/mol. The standard InChI is InChI=1S/C44H83N3O11/c1-15-33-43(11,51)37(49)25(2)23-45-26(3)21-41(8,9)38(58-40-35(48)32(47(12)13)20-27(4)54-40)28(5)36(29(6)39(50)56-33)57-34-22-42(10,53-14)44(52,30(7)55-34)24-46-31-18-16-17-19-31/h25-38,40,45-46,48-49,51-52H,15-24H2,1-14H3/t25-,26+,27+,28-,29+,30-,32-,33+,34+,35+,36+,37+,38+,40-,42-,43+,44+/m0/s1. The normalized spacial score (nSPS) is 46.7. The molecule has 340 valence electrons. The lowest BCUT2D eigenvalue weighted by atomic mass is 9.72. The second-order valence-corrected chi connectivity index (χ2v) is 20.0. The summed E-state index contributed by atoms with van der Waals surface area (Å²) in [4.78, 5) is 16.4. The van der Waals surface area contributed by atoms with Crippen LogP contribution in [0.4, 0.5) is 0 Å². The molecule has 6 N–H and O–H groups in total. The molecule has 3 heterocycles. The zero-order valence-corrected chi connectivity index (χ0v) is 38.3. The van der Waals surface area contributed by atoms with Crippen LogP contribution in [0.5, 0.6) is 0 Å². The Morgan fingerprint density at radius 2 is 1.59 bits per heavy atom. The van der Waals surface area contributed by atoms with E-state index in [0.717, 1.165) is 25.7 Å². The number of likely N-dealkylation sites (N-methyl/N-ethyl adjacent to an activating group) is 1. The average Bonchev–Trinajstić information content (AvgIpc) is 3.68. The highest BCUT2D eigenvalue weighted by molar-refractivity contribution is 5.73. The van der Waals surface area contributed by atoms with Crippen molar-refractivity contribution >= 4 is 5.97 Å². The molecule has 0 radical (unpaired) electrons. The summed E-state index contributed by atoms with van der Waals surface area (Å²) < 4.78 is 39.2. The van der Waals surface area contributed by atoms with E-state index in [0.29, 0.717) is 25.4 Å². The molecule has 0 bridgehead atoms. The molecule has 4 aliphatic rings. The van der Waals surface area contributed by atoms with Crippen LogP contribution >= 0.6 is 0 Å². The number of nitrogens with one attached hydrogen (secondary N) is 2. The predicted molar refractivity (Wildman–Crippen MR) is 222 cm³/mol. The van der Waals surface area contributed by atoms with Gasteiger partial charge in [-0.2, -0.15) is 0 Å². The van der Waals surface area contributed by atoms with Crippen molar-refractivity contribution in [1.82, 2.24) is 15.5 Å². The fraction of sp³-hybridized carbons (Fsp3) is 0.977. The molecule has 0 amide bonds. The number of carbonyl (C=O) groups excluding carboxylic acids is 1. The first-order chi connectivity index (χ1) is 26.9. The molecular weight excluding hydrogens is 746 g/mol. The molecule has 14 nitrogen and oxygen atoms in total. The minimum Gasteiger partial charge on any atom is -0.459 e. The number of cyclic esters (lactones) is 1. The molecule has 0 aromatic carbocycles. The van der Waals surface area contributed by atoms with E-state index in [4.69, 9.17) is 28.4 Å². The summed E-state index contributed by atoms with van der Waals surface area (Å²) in [5, 5.41) is 54.4. The SMILES string of the molecule is CC[C@H]1OC(=O)[C@H](C)[C@H](O[C@@H]2C[C@](C)(OC)[C@@](O)(CNC3CCCC3)[C@H](C)O2)[C@H](C)[C@@H](O[C@@H]2O[C@H](C)C[C@H](N(C)C)[C@H]2O)C(C)(C)C[C@@H](C)NC[C@H](C)[C@@H](O)[C@]1(C)O. The largest absolute Gasteiger partial charge is 0.459 e. The van der Waals surface area contributed by atoms with Gasteiger partial charge in [0.05, 0.1) is 36.4 Å². The number of aliphatic hydroxyl groups excluding tert-OH is 2. The van der Waals surface area contributed by atoms with Gasteiger partial charge >= 0.3 is 5.97 Å². The number of rotatable bonds is 10. The lowest BCUT2D eigenvalue weighted by Crippen LogP contribution is -2.70. The number of ether oxygens (including phenoxy) is 6. The third kappa shape index (κ3) is 10.9. The number of hydrogen-bond acceptors (Lipinski definition) is 14. The van der Waals surface area contributed by atoms with Crippen LogP contribution in [-0.2, 0) is 33.2 Å². The summed E-state index contributed by atoms with van der Waals surface area (Å²) in [7, 11) is 5.47. The fourth-order valence-corrected chi connectivity index (χ4v) is 10.5. The summed E-state index contributed by atoms with van der Waals surface area (Å²) in [5.74, 6) is -2.42. The number of carbonyl (C=O) groups is 1. The predicted octanol–water partition coefficient (Wildman–Crippen LogP) is 3.74. The van der Waals surface area contributed by atoms with Crippen molar-refractivity contribution < 1.29 is 53.6 Å². The molecule has 4 rings (SSSR count). The van der Waals surface area contributed by atoms with Gasteiger partial charge in [0.2, 0.25) is 0 Å². The van der Waals surface area contributed by atoms with Crippen LogP contribution in [0.25, 0.3) is 0 Å². The minimum atomic E-state index is -1.74. The van der Waals surface area contributed by atoms with Crippen LogP contribution in [0, 0.1) is 23.2 Å². The maximum Gasteiger partial charge on any atom is 0.311 e. The third-order valence-corrected chi connectivity index (χ3v) is 14.5. The first-order valence-electron chi connectivity index (χ1n) is 22.2. The highest BCUT2D eigenvalue weighted by atomic mass is 16.7. The molecule has 0 spiro atoms. The van der Waals surface area contributed by atoms with Gasteiger partial charge < -0.3 is 64.4 Å². The lowest BCUT2D eigenvalue weighted by Gasteiger charge is -2.54. The zero-order valence-electron chi connectivity index (χ0n) is 38.3. The Balaban J connectivity index is 1.77. The van der Waals surface area contributed by atoms with Gasteiger partial charge in [-0.05, 0) is 99.1 Å². The molecule has 17 atom stereocenters. The average molecular weight is 830 g/mol. The number of aliphatic hydroxyl groups is 4. The van der Waals surface area contributed by atoms with E-state index >= 15 is 0 Å². The maximum absolute atomic E-state index is 14.4. The van der Waals surface area contributed by atoms with E-state index in [1.807, 2.05) is 60.5 Å². The van der Waals surface area contributed by atoms with Crippen molar-refractivity contribution in [3.63, 3.8) is 0 Å². The van der Waals surface area contributed by atoms with Crippen LogP contribution in [0.3, 0.4) is 0 Å². The van der Waals surface area contributed by atoms with E-state index in [1.54, 1.807) is 14.0 Å². The highest BCUT2D eigenvalue weighted by Crippen LogP contribution is 2.44. The molecule has 3 aliphatic heterocycles. The van der Waals surface area contributed by atoms with Crippen LogP contribution in [0.2, 0.25) is 0 Å². The second-order valence-electron chi connectivity index (χ2n) is 20.0. The van der Waals surface area contributed by atoms with Gasteiger partial charge in [0.1, 0.15) is 29.0 Å². The molecule has 0 unspecified atom stereocenters. The number of methoxy groups -OCH3 is 1. The van der Waals surface area contributed by atoms with Crippen molar-refractivity contribution in [3.05, 3.63) is 0 Å². The van der Waals surface area contributed by atoms with Crippen molar-refractivity contribution in [2.75, 3.05) is 34.3 Å². The molecule has 0 aromatic heterocycles. The van der Waals surface area contributed by atoms with Gasteiger partial charge in [0.25, 0.3) is 0 Å².